The molecule has 9 aromatic rings. The van der Waals surface area contributed by atoms with Gasteiger partial charge in [-0.25, -0.2) is 9.98 Å². The number of nitrogens with zero attached hydrogens (tertiary/aromatic N) is 3. The van der Waals surface area contributed by atoms with E-state index in [0.717, 1.165) is 66.3 Å². The summed E-state index contributed by atoms with van der Waals surface area (Å²) in [5.41, 5.74) is 11.3. The lowest BCUT2D eigenvalue weighted by Crippen LogP contribution is -2.06. The zero-order chi connectivity index (χ0) is 36.3. The van der Waals surface area contributed by atoms with E-state index >= 15 is 0 Å². The van der Waals surface area contributed by atoms with Crippen LogP contribution in [0.4, 0.5) is 0 Å². The first-order valence-corrected chi connectivity index (χ1v) is 18.1. The Kier molecular flexibility index (Phi) is 8.76. The van der Waals surface area contributed by atoms with Gasteiger partial charge in [-0.05, 0) is 68.6 Å². The molecule has 8 aromatic carbocycles. The van der Waals surface area contributed by atoms with Gasteiger partial charge >= 0.3 is 0 Å². The first kappa shape index (κ1) is 32.7. The van der Waals surface area contributed by atoms with Gasteiger partial charge in [-0.2, -0.15) is 0 Å². The van der Waals surface area contributed by atoms with Gasteiger partial charge in [0.15, 0.2) is 11.7 Å². The highest BCUT2D eigenvalue weighted by atomic mass is 16.3. The second-order valence-corrected chi connectivity index (χ2v) is 13.2. The topological polar surface area (TPSA) is 50.2 Å². The average Bonchev–Trinajstić information content (AvgIpc) is 3.64. The van der Waals surface area contributed by atoms with Crippen LogP contribution in [-0.4, -0.2) is 18.4 Å². The van der Waals surface area contributed by atoms with Gasteiger partial charge < -0.3 is 4.42 Å². The lowest BCUT2D eigenvalue weighted by Gasteiger charge is -2.13. The third-order valence-electron chi connectivity index (χ3n) is 9.96. The van der Waals surface area contributed by atoms with Crippen LogP contribution in [0.5, 0.6) is 0 Å². The van der Waals surface area contributed by atoms with Gasteiger partial charge in [0, 0.05) is 21.9 Å². The largest absolute Gasteiger partial charge is 0.456 e. The predicted octanol–water partition coefficient (Wildman–Crippen LogP) is 12.8. The normalized spacial score (nSPS) is 12.1. The van der Waals surface area contributed by atoms with Crippen LogP contribution in [0.25, 0.3) is 66.1 Å². The van der Waals surface area contributed by atoms with E-state index in [1.165, 1.54) is 16.5 Å². The Morgan fingerprint density at radius 1 is 0.444 bits per heavy atom. The van der Waals surface area contributed by atoms with Gasteiger partial charge in [0.2, 0.25) is 0 Å². The van der Waals surface area contributed by atoms with Crippen molar-refractivity contribution in [1.82, 2.24) is 0 Å². The Labute approximate surface area is 314 Å². The molecule has 0 radical (unpaired) electrons. The maximum Gasteiger partial charge on any atom is 0.161 e. The number of hydrogen-bond donors (Lipinski definition) is 0. The number of amidine groups is 2. The van der Waals surface area contributed by atoms with Crippen LogP contribution in [0.1, 0.15) is 16.7 Å². The maximum absolute atomic E-state index is 6.60. The van der Waals surface area contributed by atoms with E-state index in [1.54, 1.807) is 0 Å². The van der Waals surface area contributed by atoms with Crippen LogP contribution in [0, 0.1) is 0 Å². The van der Waals surface area contributed by atoms with E-state index < -0.39 is 0 Å². The van der Waals surface area contributed by atoms with Crippen LogP contribution >= 0.6 is 0 Å². The molecule has 0 saturated carbocycles. The molecule has 0 N–H and O–H groups in total. The van der Waals surface area contributed by atoms with E-state index in [9.17, 15) is 0 Å². The van der Waals surface area contributed by atoms with Crippen molar-refractivity contribution < 1.29 is 4.42 Å². The third kappa shape index (κ3) is 6.10. The van der Waals surface area contributed by atoms with Crippen molar-refractivity contribution in [2.45, 2.75) is 6.54 Å². The molecule has 0 fully saturated rings. The summed E-state index contributed by atoms with van der Waals surface area (Å²) in [6, 6.07) is 64.8. The monoisotopic (exact) mass is 693 g/mol. The molecule has 0 aliphatic carbocycles. The minimum Gasteiger partial charge on any atom is -0.456 e. The molecule has 1 heterocycles. The molecule has 1 aromatic heterocycles. The summed E-state index contributed by atoms with van der Waals surface area (Å²) >= 11 is 0. The van der Waals surface area contributed by atoms with Crippen LogP contribution in [0.15, 0.2) is 207 Å². The molecule has 0 saturated heterocycles. The van der Waals surface area contributed by atoms with Gasteiger partial charge in [-0.15, -0.1) is 0 Å². The molecule has 0 amide bonds. The van der Waals surface area contributed by atoms with Crippen molar-refractivity contribution >= 4 is 51.1 Å². The third-order valence-corrected chi connectivity index (χ3v) is 9.96. The average molecular weight is 694 g/mol. The first-order chi connectivity index (χ1) is 26.8. The van der Waals surface area contributed by atoms with Crippen LogP contribution in [0.3, 0.4) is 0 Å². The van der Waals surface area contributed by atoms with Gasteiger partial charge in [0.1, 0.15) is 11.2 Å². The van der Waals surface area contributed by atoms with Crippen molar-refractivity contribution in [3.05, 3.63) is 205 Å². The Balaban J connectivity index is 1.26. The SMILES string of the molecule is C=NC(=NC(=NCc1ccc(-c2ccccc2)c2ccccc12)c1cccc2oc3cccc(-c4ccccc4-c4ccccc4)c3c12)c1ccccc1. The van der Waals surface area contributed by atoms with Crippen molar-refractivity contribution in [3.63, 3.8) is 0 Å². The molecule has 4 nitrogen and oxygen atoms in total. The van der Waals surface area contributed by atoms with E-state index in [1.807, 2.05) is 60.7 Å². The molecule has 54 heavy (non-hydrogen) atoms. The smallest absolute Gasteiger partial charge is 0.161 e. The summed E-state index contributed by atoms with van der Waals surface area (Å²) in [7, 11) is 0. The summed E-state index contributed by atoms with van der Waals surface area (Å²) in [6.45, 7) is 4.33. The predicted molar refractivity (Wildman–Crippen MR) is 227 cm³/mol. The van der Waals surface area contributed by atoms with Gasteiger partial charge in [0.05, 0.1) is 6.54 Å². The molecule has 0 aliphatic heterocycles. The minimum atomic E-state index is 0.406. The molecule has 0 bridgehead atoms. The second-order valence-electron chi connectivity index (χ2n) is 13.2. The molecule has 4 heteroatoms. The first-order valence-electron chi connectivity index (χ1n) is 18.1. The minimum absolute atomic E-state index is 0.406. The van der Waals surface area contributed by atoms with Crippen molar-refractivity contribution in [3.8, 4) is 33.4 Å². The quantitative estimate of drug-likeness (QED) is 0.121. The number of aliphatic imine (C=N–C) groups is 3. The van der Waals surface area contributed by atoms with Crippen molar-refractivity contribution in [2.75, 3.05) is 0 Å². The highest BCUT2D eigenvalue weighted by Crippen LogP contribution is 2.42. The molecule has 9 rings (SSSR count). The van der Waals surface area contributed by atoms with Gasteiger partial charge in [-0.1, -0.05) is 176 Å². The fraction of sp³-hybridized carbons (Fsp3) is 0.0200. The van der Waals surface area contributed by atoms with Gasteiger partial charge in [-0.3, -0.25) is 4.99 Å². The van der Waals surface area contributed by atoms with Gasteiger partial charge in [0.25, 0.3) is 0 Å². The standard InChI is InChI=1S/C50H35N3O/c1-51-49(36-21-9-4-10-22-36)53-50(52-33-37-31-32-40(35-19-7-3-8-20-35)41-25-13-12-24-39(37)41)44-28-16-30-46-48(44)47-43(27-15-29-45(47)54-46)42-26-14-11-23-38(42)34-17-5-2-6-18-34/h2-32H,1,33H2. The summed E-state index contributed by atoms with van der Waals surface area (Å²) in [5.74, 6) is 1.05. The molecule has 0 unspecified atom stereocenters. The fourth-order valence-electron chi connectivity index (χ4n) is 7.45. The molecule has 0 atom stereocenters. The summed E-state index contributed by atoms with van der Waals surface area (Å²) in [5, 5.41) is 4.31. The van der Waals surface area contributed by atoms with E-state index in [4.69, 9.17) is 14.4 Å². The zero-order valence-electron chi connectivity index (χ0n) is 29.6. The molecular formula is C50H35N3O. The van der Waals surface area contributed by atoms with E-state index in [0.29, 0.717) is 18.2 Å². The zero-order valence-corrected chi connectivity index (χ0v) is 29.6. The summed E-state index contributed by atoms with van der Waals surface area (Å²) in [6.07, 6.45) is 0. The maximum atomic E-state index is 6.60. The number of rotatable bonds is 7. The highest BCUT2D eigenvalue weighted by Gasteiger charge is 2.20. The Bertz CT molecular complexity index is 2850. The second kappa shape index (κ2) is 14.5. The Morgan fingerprint density at radius 3 is 1.74 bits per heavy atom. The van der Waals surface area contributed by atoms with E-state index in [-0.39, 0.29) is 0 Å². The Hall–Kier alpha value is -7.17. The molecular weight excluding hydrogens is 659 g/mol. The number of fused-ring (bicyclic) bond motifs is 4. The lowest BCUT2D eigenvalue weighted by atomic mass is 9.91. The highest BCUT2D eigenvalue weighted by molar-refractivity contribution is 6.24. The van der Waals surface area contributed by atoms with Crippen LogP contribution in [0.2, 0.25) is 0 Å². The fourth-order valence-corrected chi connectivity index (χ4v) is 7.45. The lowest BCUT2D eigenvalue weighted by molar-refractivity contribution is 0.669. The summed E-state index contributed by atoms with van der Waals surface area (Å²) < 4.78 is 6.60. The molecule has 0 aliphatic rings. The molecule has 256 valence electrons. The van der Waals surface area contributed by atoms with E-state index in [2.05, 4.69) is 139 Å². The van der Waals surface area contributed by atoms with Crippen LogP contribution in [-0.2, 0) is 6.54 Å². The van der Waals surface area contributed by atoms with Crippen molar-refractivity contribution in [2.24, 2.45) is 15.0 Å². The summed E-state index contributed by atoms with van der Waals surface area (Å²) in [4.78, 5) is 14.9. The Morgan fingerprint density at radius 2 is 1.02 bits per heavy atom. The number of hydrogen-bond acceptors (Lipinski definition) is 2. The van der Waals surface area contributed by atoms with Crippen LogP contribution < -0.4 is 0 Å². The van der Waals surface area contributed by atoms with Crippen molar-refractivity contribution in [1.29, 1.82) is 0 Å². The number of benzene rings is 8. The number of furan rings is 1. The molecule has 0 spiro atoms.